The van der Waals surface area contributed by atoms with Gasteiger partial charge in [0.2, 0.25) is 0 Å². The van der Waals surface area contributed by atoms with Crippen molar-refractivity contribution in [1.82, 2.24) is 9.88 Å². The van der Waals surface area contributed by atoms with E-state index in [2.05, 4.69) is 4.98 Å². The summed E-state index contributed by atoms with van der Waals surface area (Å²) in [6, 6.07) is 10.8. The van der Waals surface area contributed by atoms with E-state index in [1.165, 1.54) is 6.20 Å². The minimum atomic E-state index is -0.124. The number of nitrogens with zero attached hydrogens (tertiary/aromatic N) is 2. The van der Waals surface area contributed by atoms with Crippen molar-refractivity contribution in [1.29, 1.82) is 0 Å². The number of halogens is 1. The maximum atomic E-state index is 12.7. The second-order valence-corrected chi connectivity index (χ2v) is 6.05. The summed E-state index contributed by atoms with van der Waals surface area (Å²) in [6.45, 7) is 0.657. The number of benzene rings is 1. The molecule has 4 nitrogen and oxygen atoms in total. The van der Waals surface area contributed by atoms with Crippen LogP contribution in [-0.2, 0) is 0 Å². The number of ketones is 1. The standard InChI is InChI=1S/C18H17ClN2O2/c19-16-12-20-9-8-15(16)18(23)21-10-4-7-14(21)11-17(22)13-5-2-1-3-6-13/h1-3,5-6,8-9,12,14H,4,7,10-11H2/t14-/m0/s1. The van der Waals surface area contributed by atoms with Crippen LogP contribution >= 0.6 is 11.6 Å². The van der Waals surface area contributed by atoms with Gasteiger partial charge in [0, 0.05) is 37.0 Å². The van der Waals surface area contributed by atoms with Crippen LogP contribution in [0, 0.1) is 0 Å². The zero-order valence-electron chi connectivity index (χ0n) is 12.6. The highest BCUT2D eigenvalue weighted by Gasteiger charge is 2.31. The molecule has 118 valence electrons. The zero-order chi connectivity index (χ0) is 16.2. The topological polar surface area (TPSA) is 50.3 Å². The molecule has 1 aromatic heterocycles. The van der Waals surface area contributed by atoms with Crippen molar-refractivity contribution in [2.45, 2.75) is 25.3 Å². The summed E-state index contributed by atoms with van der Waals surface area (Å²) in [6.07, 6.45) is 5.11. The van der Waals surface area contributed by atoms with Gasteiger partial charge in [0.15, 0.2) is 5.78 Å². The van der Waals surface area contributed by atoms with Crippen LogP contribution in [0.15, 0.2) is 48.8 Å². The van der Waals surface area contributed by atoms with Crippen molar-refractivity contribution in [2.24, 2.45) is 0 Å². The van der Waals surface area contributed by atoms with Gasteiger partial charge in [-0.2, -0.15) is 0 Å². The Morgan fingerprint density at radius 1 is 1.22 bits per heavy atom. The van der Waals surface area contributed by atoms with Gasteiger partial charge in [-0.1, -0.05) is 41.9 Å². The van der Waals surface area contributed by atoms with Crippen molar-refractivity contribution in [2.75, 3.05) is 6.54 Å². The fourth-order valence-electron chi connectivity index (χ4n) is 2.97. The molecule has 1 aromatic carbocycles. The Labute approximate surface area is 140 Å². The van der Waals surface area contributed by atoms with Crippen molar-refractivity contribution in [3.8, 4) is 0 Å². The lowest BCUT2D eigenvalue weighted by Crippen LogP contribution is -2.37. The molecule has 0 saturated carbocycles. The molecular formula is C18H17ClN2O2. The average molecular weight is 329 g/mol. The summed E-state index contributed by atoms with van der Waals surface area (Å²) in [5.74, 6) is -0.0584. The molecule has 5 heteroatoms. The van der Waals surface area contributed by atoms with E-state index in [1.54, 1.807) is 17.2 Å². The van der Waals surface area contributed by atoms with Crippen LogP contribution < -0.4 is 0 Å². The highest BCUT2D eigenvalue weighted by atomic mass is 35.5. The number of Topliss-reactive ketones (excluding diaryl/α,β-unsaturated/α-hetero) is 1. The molecule has 1 aliphatic rings. The van der Waals surface area contributed by atoms with Crippen LogP contribution in [-0.4, -0.2) is 34.2 Å². The largest absolute Gasteiger partial charge is 0.335 e. The van der Waals surface area contributed by atoms with Crippen LogP contribution in [0.3, 0.4) is 0 Å². The molecule has 3 rings (SSSR count). The molecule has 1 amide bonds. The quantitative estimate of drug-likeness (QED) is 0.805. The summed E-state index contributed by atoms with van der Waals surface area (Å²) in [5, 5.41) is 0.345. The zero-order valence-corrected chi connectivity index (χ0v) is 13.4. The monoisotopic (exact) mass is 328 g/mol. The third kappa shape index (κ3) is 3.42. The Balaban J connectivity index is 1.74. The average Bonchev–Trinajstić information content (AvgIpc) is 3.03. The van der Waals surface area contributed by atoms with Gasteiger partial charge in [0.25, 0.3) is 5.91 Å². The lowest BCUT2D eigenvalue weighted by Gasteiger charge is -2.24. The van der Waals surface area contributed by atoms with E-state index in [0.29, 0.717) is 29.1 Å². The Bertz CT molecular complexity index is 718. The Morgan fingerprint density at radius 2 is 2.00 bits per heavy atom. The van der Waals surface area contributed by atoms with Gasteiger partial charge in [-0.3, -0.25) is 14.6 Å². The second-order valence-electron chi connectivity index (χ2n) is 5.64. The van der Waals surface area contributed by atoms with E-state index in [-0.39, 0.29) is 17.7 Å². The number of pyridine rings is 1. The molecule has 0 N–H and O–H groups in total. The normalized spacial score (nSPS) is 17.3. The molecule has 1 atom stereocenters. The summed E-state index contributed by atoms with van der Waals surface area (Å²) in [5.41, 5.74) is 1.13. The molecule has 1 aliphatic heterocycles. The lowest BCUT2D eigenvalue weighted by atomic mass is 10.0. The molecule has 23 heavy (non-hydrogen) atoms. The highest BCUT2D eigenvalue weighted by Crippen LogP contribution is 2.26. The minimum absolute atomic E-state index is 0.0659. The van der Waals surface area contributed by atoms with Crippen LogP contribution in [0.4, 0.5) is 0 Å². The summed E-state index contributed by atoms with van der Waals surface area (Å²) < 4.78 is 0. The maximum absolute atomic E-state index is 12.7. The molecule has 0 radical (unpaired) electrons. The number of carbonyl (C=O) groups is 2. The third-order valence-electron chi connectivity index (χ3n) is 4.16. The SMILES string of the molecule is O=C(C[C@@H]1CCCN1C(=O)c1ccncc1Cl)c1ccccc1. The van der Waals surface area contributed by atoms with Gasteiger partial charge in [-0.15, -0.1) is 0 Å². The first-order chi connectivity index (χ1) is 11.2. The molecule has 0 unspecified atom stereocenters. The first kappa shape index (κ1) is 15.7. The van der Waals surface area contributed by atoms with E-state index in [9.17, 15) is 9.59 Å². The number of rotatable bonds is 4. The summed E-state index contributed by atoms with van der Waals surface area (Å²) in [7, 11) is 0. The predicted octanol–water partition coefficient (Wildman–Crippen LogP) is 3.61. The van der Waals surface area contributed by atoms with E-state index in [1.807, 2.05) is 30.3 Å². The van der Waals surface area contributed by atoms with Gasteiger partial charge in [0.05, 0.1) is 10.6 Å². The number of hydrogen-bond acceptors (Lipinski definition) is 3. The number of aromatic nitrogens is 1. The van der Waals surface area contributed by atoms with Crippen molar-refractivity contribution < 1.29 is 9.59 Å². The minimum Gasteiger partial charge on any atom is -0.335 e. The molecule has 1 fully saturated rings. The molecule has 1 saturated heterocycles. The lowest BCUT2D eigenvalue weighted by molar-refractivity contribution is 0.0717. The number of likely N-dealkylation sites (tertiary alicyclic amines) is 1. The first-order valence-corrected chi connectivity index (χ1v) is 8.03. The smallest absolute Gasteiger partial charge is 0.255 e. The Hall–Kier alpha value is -2.20. The summed E-state index contributed by atoms with van der Waals surface area (Å²) in [4.78, 5) is 30.8. The molecule has 2 heterocycles. The third-order valence-corrected chi connectivity index (χ3v) is 4.46. The fraction of sp³-hybridized carbons (Fsp3) is 0.278. The maximum Gasteiger partial charge on any atom is 0.255 e. The van der Waals surface area contributed by atoms with Crippen molar-refractivity contribution in [3.63, 3.8) is 0 Å². The molecule has 0 spiro atoms. The molecule has 0 bridgehead atoms. The van der Waals surface area contributed by atoms with Gasteiger partial charge < -0.3 is 4.90 Å². The number of amides is 1. The van der Waals surface area contributed by atoms with Gasteiger partial charge in [0.1, 0.15) is 0 Å². The van der Waals surface area contributed by atoms with Gasteiger partial charge in [-0.05, 0) is 18.9 Å². The Morgan fingerprint density at radius 3 is 2.74 bits per heavy atom. The van der Waals surface area contributed by atoms with E-state index >= 15 is 0 Å². The highest BCUT2D eigenvalue weighted by molar-refractivity contribution is 6.33. The van der Waals surface area contributed by atoms with Crippen LogP contribution in [0.1, 0.15) is 40.0 Å². The van der Waals surface area contributed by atoms with E-state index in [4.69, 9.17) is 11.6 Å². The predicted molar refractivity (Wildman–Crippen MR) is 88.7 cm³/mol. The Kier molecular flexibility index (Phi) is 4.72. The number of hydrogen-bond donors (Lipinski definition) is 0. The number of carbonyl (C=O) groups excluding carboxylic acids is 2. The molecular weight excluding hydrogens is 312 g/mol. The van der Waals surface area contributed by atoms with Gasteiger partial charge in [-0.25, -0.2) is 0 Å². The van der Waals surface area contributed by atoms with Gasteiger partial charge >= 0.3 is 0 Å². The van der Waals surface area contributed by atoms with E-state index in [0.717, 1.165) is 12.8 Å². The van der Waals surface area contributed by atoms with Crippen molar-refractivity contribution in [3.05, 3.63) is 64.9 Å². The van der Waals surface area contributed by atoms with E-state index < -0.39 is 0 Å². The molecule has 0 aliphatic carbocycles. The molecule has 2 aromatic rings. The van der Waals surface area contributed by atoms with Crippen molar-refractivity contribution >= 4 is 23.3 Å². The fourth-order valence-corrected chi connectivity index (χ4v) is 3.17. The summed E-state index contributed by atoms with van der Waals surface area (Å²) >= 11 is 6.07. The first-order valence-electron chi connectivity index (χ1n) is 7.65. The van der Waals surface area contributed by atoms with Crippen LogP contribution in [0.25, 0.3) is 0 Å². The van der Waals surface area contributed by atoms with Crippen LogP contribution in [0.5, 0.6) is 0 Å². The van der Waals surface area contributed by atoms with Crippen LogP contribution in [0.2, 0.25) is 5.02 Å². The second kappa shape index (κ2) is 6.92.